The number of hydrogen-bond donors (Lipinski definition) is 2. The predicted molar refractivity (Wildman–Crippen MR) is 49.7 cm³/mol. The summed E-state index contributed by atoms with van der Waals surface area (Å²) in [4.78, 5) is 0. The lowest BCUT2D eigenvalue weighted by Gasteiger charge is -1.93. The third kappa shape index (κ3) is 6.48. The van der Waals surface area contributed by atoms with Crippen molar-refractivity contribution in [3.8, 4) is 5.75 Å². The monoisotopic (exact) mass is 166 g/mol. The van der Waals surface area contributed by atoms with E-state index in [2.05, 4.69) is 13.2 Å². The molecule has 0 unspecified atom stereocenters. The maximum absolute atomic E-state index is 5.00. The molecule has 0 spiro atoms. The number of rotatable bonds is 1. The fraction of sp³-hybridized carbons (Fsp3) is 0.111. The molecule has 0 saturated heterocycles. The Hall–Kier alpha value is -1.64. The number of hydrogen-bond acceptors (Lipinski definition) is 3. The lowest BCUT2D eigenvalue weighted by molar-refractivity contribution is 0.415. The second kappa shape index (κ2) is 12.1. The van der Waals surface area contributed by atoms with Crippen molar-refractivity contribution in [1.82, 2.24) is 0 Å². The van der Waals surface area contributed by atoms with Crippen LogP contribution in [0.5, 0.6) is 5.75 Å². The zero-order valence-electron chi connectivity index (χ0n) is 7.21. The van der Waals surface area contributed by atoms with Crippen molar-refractivity contribution >= 4 is 0 Å². The van der Waals surface area contributed by atoms with Crippen LogP contribution in [0, 0.1) is 11.1 Å². The molecule has 0 fully saturated rings. The highest BCUT2D eigenvalue weighted by Gasteiger charge is 1.80. The molecular formula is C9H14N2O. The van der Waals surface area contributed by atoms with Gasteiger partial charge in [-0.1, -0.05) is 18.2 Å². The summed E-state index contributed by atoms with van der Waals surface area (Å²) < 4.78 is 4.91. The molecule has 0 heterocycles. The topological polar surface area (TPSA) is 56.9 Å². The van der Waals surface area contributed by atoms with Gasteiger partial charge in [0.2, 0.25) is 0 Å². The molecule has 0 saturated carbocycles. The van der Waals surface area contributed by atoms with Gasteiger partial charge < -0.3 is 4.74 Å². The molecule has 0 aliphatic rings. The lowest BCUT2D eigenvalue weighted by atomic mass is 10.3. The van der Waals surface area contributed by atoms with Crippen LogP contribution >= 0.6 is 0 Å². The van der Waals surface area contributed by atoms with E-state index < -0.39 is 0 Å². The van der Waals surface area contributed by atoms with Crippen molar-refractivity contribution in [3.63, 3.8) is 0 Å². The summed E-state index contributed by atoms with van der Waals surface area (Å²) in [6.07, 6.45) is 0. The normalized spacial score (nSPS) is 6.42. The van der Waals surface area contributed by atoms with Crippen LogP contribution in [0.25, 0.3) is 0 Å². The van der Waals surface area contributed by atoms with Crippen LogP contribution in [0.3, 0.4) is 0 Å². The fourth-order valence-corrected chi connectivity index (χ4v) is 0.557. The van der Waals surface area contributed by atoms with Gasteiger partial charge in [-0.3, -0.25) is 0 Å². The molecule has 1 aromatic carbocycles. The molecule has 0 aromatic heterocycles. The number of methoxy groups -OCH3 is 1. The Balaban J connectivity index is 0. The fourth-order valence-electron chi connectivity index (χ4n) is 0.557. The molecule has 3 heteroatoms. The summed E-state index contributed by atoms with van der Waals surface area (Å²) >= 11 is 0. The van der Waals surface area contributed by atoms with E-state index in [1.165, 1.54) is 0 Å². The Kier molecular flexibility index (Phi) is 13.1. The van der Waals surface area contributed by atoms with E-state index in [0.717, 1.165) is 5.75 Å². The number of ether oxygens (including phenoxy) is 1. The number of nitrogens with one attached hydrogen (secondary N) is 2. The molecule has 3 nitrogen and oxygen atoms in total. The highest BCUT2D eigenvalue weighted by atomic mass is 16.5. The number of para-hydroxylation sites is 1. The lowest BCUT2D eigenvalue weighted by Crippen LogP contribution is -1.78. The summed E-state index contributed by atoms with van der Waals surface area (Å²) in [5, 5.41) is 0. The van der Waals surface area contributed by atoms with Gasteiger partial charge in [-0.25, -0.2) is 11.1 Å². The molecule has 0 radical (unpaired) electrons. The van der Waals surface area contributed by atoms with Crippen molar-refractivity contribution in [2.45, 2.75) is 0 Å². The first-order valence-corrected chi connectivity index (χ1v) is 3.27. The Morgan fingerprint density at radius 2 is 1.50 bits per heavy atom. The van der Waals surface area contributed by atoms with Gasteiger partial charge >= 0.3 is 0 Å². The Labute approximate surface area is 73.0 Å². The minimum Gasteiger partial charge on any atom is -0.497 e. The van der Waals surface area contributed by atoms with Crippen LogP contribution in [-0.2, 0) is 0 Å². The van der Waals surface area contributed by atoms with Crippen molar-refractivity contribution in [2.24, 2.45) is 0 Å². The van der Waals surface area contributed by atoms with Crippen molar-refractivity contribution in [1.29, 1.82) is 11.1 Å². The van der Waals surface area contributed by atoms with Crippen molar-refractivity contribution in [2.75, 3.05) is 7.11 Å². The molecule has 0 amide bonds. The van der Waals surface area contributed by atoms with Crippen LogP contribution in [-0.4, -0.2) is 7.11 Å². The average molecular weight is 166 g/mol. The van der Waals surface area contributed by atoms with Gasteiger partial charge in [-0.15, -0.1) is 13.2 Å². The second-order valence-corrected chi connectivity index (χ2v) is 1.52. The molecule has 12 heavy (non-hydrogen) atoms. The molecule has 0 atom stereocenters. The van der Waals surface area contributed by atoms with Crippen LogP contribution in [0.4, 0.5) is 0 Å². The minimum atomic E-state index is 0.910. The standard InChI is InChI=1S/C7H8O.C2H4.H2N2/c1-8-7-5-3-2-4-6-7;2*1-2/h2-6H,1H3;1-2H2;1-2H. The number of benzene rings is 1. The van der Waals surface area contributed by atoms with Gasteiger partial charge in [0.05, 0.1) is 7.11 Å². The quantitative estimate of drug-likeness (QED) is 0.488. The van der Waals surface area contributed by atoms with E-state index in [9.17, 15) is 0 Å². The van der Waals surface area contributed by atoms with Gasteiger partial charge in [0, 0.05) is 0 Å². The van der Waals surface area contributed by atoms with E-state index in [1.54, 1.807) is 7.11 Å². The molecule has 0 aliphatic carbocycles. The summed E-state index contributed by atoms with van der Waals surface area (Å²) in [5.74, 6) is 0.910. The Morgan fingerprint density at radius 3 is 1.75 bits per heavy atom. The van der Waals surface area contributed by atoms with Gasteiger partial charge in [0.25, 0.3) is 0 Å². The smallest absolute Gasteiger partial charge is 0.118 e. The minimum absolute atomic E-state index is 0.910. The summed E-state index contributed by atoms with van der Waals surface area (Å²) in [6, 6.07) is 9.68. The van der Waals surface area contributed by atoms with E-state index in [0.29, 0.717) is 0 Å². The molecule has 66 valence electrons. The molecule has 0 bridgehead atoms. The average Bonchev–Trinajstić information content (AvgIpc) is 2.25. The van der Waals surface area contributed by atoms with Crippen LogP contribution in [0.2, 0.25) is 0 Å². The molecular weight excluding hydrogens is 152 g/mol. The maximum atomic E-state index is 5.00. The molecule has 0 aliphatic heterocycles. The third-order valence-corrected chi connectivity index (χ3v) is 0.979. The van der Waals surface area contributed by atoms with Crippen LogP contribution in [0.1, 0.15) is 0 Å². The van der Waals surface area contributed by atoms with Gasteiger partial charge in [-0.05, 0) is 12.1 Å². The first-order valence-electron chi connectivity index (χ1n) is 3.27. The summed E-state index contributed by atoms with van der Waals surface area (Å²) in [6.45, 7) is 6.00. The first-order chi connectivity index (χ1) is 5.93. The van der Waals surface area contributed by atoms with Gasteiger partial charge in [0.1, 0.15) is 5.75 Å². The van der Waals surface area contributed by atoms with Crippen LogP contribution < -0.4 is 4.74 Å². The zero-order chi connectivity index (χ0) is 9.82. The van der Waals surface area contributed by atoms with E-state index in [4.69, 9.17) is 15.8 Å². The van der Waals surface area contributed by atoms with Gasteiger partial charge in [-0.2, -0.15) is 0 Å². The van der Waals surface area contributed by atoms with E-state index >= 15 is 0 Å². The van der Waals surface area contributed by atoms with Crippen molar-refractivity contribution < 1.29 is 4.74 Å². The first kappa shape index (κ1) is 13.0. The zero-order valence-corrected chi connectivity index (χ0v) is 7.21. The summed E-state index contributed by atoms with van der Waals surface area (Å²) in [5.41, 5.74) is 10.0. The maximum Gasteiger partial charge on any atom is 0.118 e. The van der Waals surface area contributed by atoms with E-state index in [1.807, 2.05) is 30.3 Å². The molecule has 1 aromatic rings. The highest BCUT2D eigenvalue weighted by molar-refractivity contribution is 5.20. The largest absolute Gasteiger partial charge is 0.497 e. The van der Waals surface area contributed by atoms with Crippen LogP contribution in [0.15, 0.2) is 43.5 Å². The van der Waals surface area contributed by atoms with Crippen molar-refractivity contribution in [3.05, 3.63) is 43.5 Å². The summed E-state index contributed by atoms with van der Waals surface area (Å²) in [7, 11) is 1.66. The van der Waals surface area contributed by atoms with Gasteiger partial charge in [0.15, 0.2) is 0 Å². The van der Waals surface area contributed by atoms with E-state index in [-0.39, 0.29) is 0 Å². The predicted octanol–water partition coefficient (Wildman–Crippen LogP) is 3.09. The SMILES string of the molecule is C=C.COc1ccccc1.N=N. The Morgan fingerprint density at radius 1 is 1.08 bits per heavy atom. The third-order valence-electron chi connectivity index (χ3n) is 0.979. The Bertz CT molecular complexity index is 175. The second-order valence-electron chi connectivity index (χ2n) is 1.52. The highest BCUT2D eigenvalue weighted by Crippen LogP contribution is 2.05. The molecule has 2 N–H and O–H groups in total. The molecule has 1 rings (SSSR count).